The van der Waals surface area contributed by atoms with Gasteiger partial charge < -0.3 is 33.2 Å². The third-order valence-electron chi connectivity index (χ3n) is 14.3. The summed E-state index contributed by atoms with van der Waals surface area (Å²) in [6.45, 7) is 8.97. The maximum Gasteiger partial charge on any atom is 0.410 e. The van der Waals surface area contributed by atoms with E-state index in [2.05, 4.69) is 32.6 Å². The van der Waals surface area contributed by atoms with Gasteiger partial charge in [0.2, 0.25) is 0 Å². The Hall–Kier alpha value is -3.95. The van der Waals surface area contributed by atoms with Crippen molar-refractivity contribution in [2.24, 2.45) is 11.8 Å². The van der Waals surface area contributed by atoms with Gasteiger partial charge in [0, 0.05) is 43.6 Å². The Balaban J connectivity index is 2.07. The molecule has 0 aromatic rings. The highest BCUT2D eigenvalue weighted by Gasteiger charge is 2.40. The number of carbonyl (C=O) groups is 7. The summed E-state index contributed by atoms with van der Waals surface area (Å²) in [6, 6.07) is -1.08. The summed E-state index contributed by atoms with van der Waals surface area (Å²) in [5.74, 6) is -3.90. The lowest BCUT2D eigenvalue weighted by molar-refractivity contribution is -0.155. The van der Waals surface area contributed by atoms with Crippen molar-refractivity contribution in [3.8, 4) is 0 Å². The van der Waals surface area contributed by atoms with Gasteiger partial charge in [-0.3, -0.25) is 38.6 Å². The smallest absolute Gasteiger partial charge is 0.410 e. The molecule has 0 radical (unpaired) electrons. The van der Waals surface area contributed by atoms with Crippen molar-refractivity contribution in [2.45, 2.75) is 258 Å². The van der Waals surface area contributed by atoms with Gasteiger partial charge in [-0.15, -0.1) is 0 Å². The lowest BCUT2D eigenvalue weighted by Crippen LogP contribution is -2.50. The van der Waals surface area contributed by atoms with Crippen LogP contribution < -0.4 is 0 Å². The van der Waals surface area contributed by atoms with Gasteiger partial charge in [0.1, 0.15) is 19.8 Å². The van der Waals surface area contributed by atoms with E-state index in [1.165, 1.54) is 30.6 Å². The van der Waals surface area contributed by atoms with Crippen molar-refractivity contribution >= 4 is 41.9 Å². The summed E-state index contributed by atoms with van der Waals surface area (Å²) in [7, 11) is 1.96. The third-order valence-corrected chi connectivity index (χ3v) is 14.3. The fourth-order valence-corrected chi connectivity index (χ4v) is 9.24. The maximum absolute atomic E-state index is 13.8. The molecule has 2 fully saturated rings. The Morgan fingerprint density at radius 1 is 0.365 bits per heavy atom. The van der Waals surface area contributed by atoms with Crippen LogP contribution in [0.4, 0.5) is 4.79 Å². The minimum absolute atomic E-state index is 0.0857. The van der Waals surface area contributed by atoms with E-state index in [0.717, 1.165) is 116 Å². The first-order chi connectivity index (χ1) is 35.9. The van der Waals surface area contributed by atoms with E-state index < -0.39 is 42.0 Å². The second-order valence-electron chi connectivity index (χ2n) is 21.1. The number of unbranched alkanes of at least 4 members (excludes halogenated alkanes) is 20. The molecule has 16 heteroatoms. The standard InChI is InChI=1S/C58H102N2O14/c1-6-10-14-18-22-26-30-52(61)68-40-47(41-69-53(62)31-27-23-19-15-11-7-2)38-56(65)72-45-50-34-35-51(60(50)58(67)74-44-49-36-37-59(49)5)46-73-57(66)39-48(42-70-54(63)32-28-24-20-16-12-8-3)43-71-55(64)33-29-25-21-17-13-9-4/h47-51H,6-46H2,1-5H3/t49?,50-,51-/m0/s1. The van der Waals surface area contributed by atoms with E-state index >= 15 is 0 Å². The van der Waals surface area contributed by atoms with Gasteiger partial charge >= 0.3 is 41.9 Å². The zero-order valence-electron chi connectivity index (χ0n) is 47.0. The Kier molecular flexibility index (Phi) is 38.6. The molecule has 2 aliphatic rings. The number of hydrogen-bond acceptors (Lipinski definition) is 15. The number of nitrogens with zero attached hydrogens (tertiary/aromatic N) is 2. The van der Waals surface area contributed by atoms with Gasteiger partial charge in [0.25, 0.3) is 0 Å². The molecule has 0 bridgehead atoms. The number of rotatable bonds is 46. The zero-order valence-corrected chi connectivity index (χ0v) is 47.0. The molecule has 0 spiro atoms. The van der Waals surface area contributed by atoms with Crippen molar-refractivity contribution in [1.82, 2.24) is 9.80 Å². The Bertz CT molecular complexity index is 1390. The average Bonchev–Trinajstić information content (AvgIpc) is 3.80. The number of esters is 6. The fourth-order valence-electron chi connectivity index (χ4n) is 9.24. The minimum Gasteiger partial charge on any atom is -0.465 e. The minimum atomic E-state index is -0.628. The van der Waals surface area contributed by atoms with Crippen LogP contribution in [0.15, 0.2) is 0 Å². The molecule has 74 heavy (non-hydrogen) atoms. The second-order valence-corrected chi connectivity index (χ2v) is 21.1. The maximum atomic E-state index is 13.8. The largest absolute Gasteiger partial charge is 0.465 e. The predicted octanol–water partition coefficient (Wildman–Crippen LogP) is 11.9. The van der Waals surface area contributed by atoms with Crippen LogP contribution in [0.25, 0.3) is 0 Å². The van der Waals surface area contributed by atoms with Crippen molar-refractivity contribution in [3.63, 3.8) is 0 Å². The number of ether oxygens (including phenoxy) is 7. The number of carbonyl (C=O) groups excluding carboxylic acids is 7. The summed E-state index contributed by atoms with van der Waals surface area (Å²) in [6.07, 6.45) is 26.5. The summed E-state index contributed by atoms with van der Waals surface area (Å²) >= 11 is 0. The normalized spacial score (nSPS) is 16.5. The molecule has 0 aromatic heterocycles. The first-order valence-corrected chi connectivity index (χ1v) is 29.5. The molecule has 16 nitrogen and oxygen atoms in total. The summed E-state index contributed by atoms with van der Waals surface area (Å²) in [4.78, 5) is 95.2. The van der Waals surface area contributed by atoms with Crippen LogP contribution in [0.3, 0.4) is 0 Å². The summed E-state index contributed by atoms with van der Waals surface area (Å²) in [5.41, 5.74) is 0. The molecule has 2 aliphatic heterocycles. The molecule has 2 heterocycles. The Morgan fingerprint density at radius 2 is 0.662 bits per heavy atom. The van der Waals surface area contributed by atoms with Crippen LogP contribution in [-0.4, -0.2) is 130 Å². The Morgan fingerprint density at radius 3 is 0.946 bits per heavy atom. The average molecular weight is 1050 g/mol. The van der Waals surface area contributed by atoms with Gasteiger partial charge in [-0.2, -0.15) is 0 Å². The van der Waals surface area contributed by atoms with Gasteiger partial charge in [0.15, 0.2) is 0 Å². The van der Waals surface area contributed by atoms with Crippen LogP contribution in [0.1, 0.15) is 240 Å². The van der Waals surface area contributed by atoms with E-state index in [-0.39, 0.29) is 115 Å². The van der Waals surface area contributed by atoms with E-state index in [9.17, 15) is 33.6 Å². The van der Waals surface area contributed by atoms with Gasteiger partial charge in [-0.05, 0) is 58.5 Å². The summed E-state index contributed by atoms with van der Waals surface area (Å²) in [5, 5.41) is 0. The first kappa shape index (κ1) is 66.2. The Labute approximate surface area is 446 Å². The number of likely N-dealkylation sites (N-methyl/N-ethyl adjacent to an activating group) is 1. The molecule has 0 N–H and O–H groups in total. The number of amides is 1. The fraction of sp³-hybridized carbons (Fsp3) is 0.879. The van der Waals surface area contributed by atoms with E-state index in [0.29, 0.717) is 38.5 Å². The molecule has 1 amide bonds. The van der Waals surface area contributed by atoms with Gasteiger partial charge in [-0.1, -0.05) is 156 Å². The van der Waals surface area contributed by atoms with E-state index in [4.69, 9.17) is 33.2 Å². The van der Waals surface area contributed by atoms with E-state index in [1.54, 1.807) is 0 Å². The highest BCUT2D eigenvalue weighted by Crippen LogP contribution is 2.28. The lowest BCUT2D eigenvalue weighted by Gasteiger charge is -2.38. The van der Waals surface area contributed by atoms with Crippen molar-refractivity contribution in [1.29, 1.82) is 0 Å². The second kappa shape index (κ2) is 43.2. The highest BCUT2D eigenvalue weighted by atomic mass is 16.6. The summed E-state index contributed by atoms with van der Waals surface area (Å²) < 4.78 is 39.7. The van der Waals surface area contributed by atoms with Crippen molar-refractivity contribution in [2.75, 3.05) is 59.8 Å². The van der Waals surface area contributed by atoms with Crippen LogP contribution in [0, 0.1) is 11.8 Å². The molecule has 0 aliphatic carbocycles. The lowest BCUT2D eigenvalue weighted by atomic mass is 10.1. The van der Waals surface area contributed by atoms with Crippen LogP contribution in [-0.2, 0) is 61.9 Å². The topological polar surface area (TPSA) is 191 Å². The van der Waals surface area contributed by atoms with Gasteiger partial charge in [0.05, 0.1) is 51.4 Å². The van der Waals surface area contributed by atoms with Crippen LogP contribution in [0.2, 0.25) is 0 Å². The molecule has 428 valence electrons. The van der Waals surface area contributed by atoms with Crippen LogP contribution in [0.5, 0.6) is 0 Å². The molecular formula is C58H102N2O14. The number of likely N-dealkylation sites (tertiary alicyclic amines) is 2. The molecule has 2 rings (SSSR count). The van der Waals surface area contributed by atoms with Crippen molar-refractivity contribution < 1.29 is 66.7 Å². The molecule has 3 atom stereocenters. The molecule has 1 unspecified atom stereocenters. The zero-order chi connectivity index (χ0) is 54.0. The van der Waals surface area contributed by atoms with Crippen LogP contribution >= 0.6 is 0 Å². The predicted molar refractivity (Wildman–Crippen MR) is 285 cm³/mol. The third kappa shape index (κ3) is 32.5. The monoisotopic (exact) mass is 1050 g/mol. The number of hydrogen-bond donors (Lipinski definition) is 0. The highest BCUT2D eigenvalue weighted by molar-refractivity contribution is 5.73. The molecule has 2 saturated heterocycles. The molecule has 0 aromatic carbocycles. The first-order valence-electron chi connectivity index (χ1n) is 29.5. The van der Waals surface area contributed by atoms with Gasteiger partial charge in [-0.25, -0.2) is 4.79 Å². The quantitative estimate of drug-likeness (QED) is 0.0317. The SMILES string of the molecule is CCCCCCCCC(=O)OCC(COC(=O)CCCCCCCC)CC(=O)OC[C@@H]1CC[C@@H](COC(=O)CC(COC(=O)CCCCCCCC)COC(=O)CCCCCCCC)N1C(=O)OCC1CCN1C. The molecular weight excluding hydrogens is 949 g/mol. The molecule has 0 saturated carbocycles. The van der Waals surface area contributed by atoms with Crippen molar-refractivity contribution in [3.05, 3.63) is 0 Å². The van der Waals surface area contributed by atoms with E-state index in [1.807, 2.05) is 7.05 Å².